The van der Waals surface area contributed by atoms with Crippen LogP contribution in [-0.2, 0) is 10.0 Å². The lowest BCUT2D eigenvalue weighted by molar-refractivity contribution is 0.0963. The molecule has 0 unspecified atom stereocenters. The number of hydrogen-bond acceptors (Lipinski definition) is 4. The van der Waals surface area contributed by atoms with Crippen LogP contribution >= 0.6 is 0 Å². The van der Waals surface area contributed by atoms with Gasteiger partial charge in [0.2, 0.25) is 10.0 Å². The molecule has 4 rings (SSSR count). The summed E-state index contributed by atoms with van der Waals surface area (Å²) in [5.74, 6) is -0.247. The first-order chi connectivity index (χ1) is 13.5. The molecule has 1 aliphatic heterocycles. The Hall–Kier alpha value is -2.97. The average molecular weight is 396 g/mol. The first-order valence-corrected chi connectivity index (χ1v) is 10.4. The van der Waals surface area contributed by atoms with Crippen LogP contribution in [0.3, 0.4) is 0 Å². The molecule has 0 fully saturated rings. The summed E-state index contributed by atoms with van der Waals surface area (Å²) < 4.78 is 27.3. The van der Waals surface area contributed by atoms with Gasteiger partial charge in [0.1, 0.15) is 5.65 Å². The SMILES string of the molecule is CNC(=O)c1ccc(S(=O)(=O)N2CC=C(c3c[nH]c4ncccc34)CC2)cc1. The lowest BCUT2D eigenvalue weighted by Gasteiger charge is -2.26. The quantitative estimate of drug-likeness (QED) is 0.708. The molecule has 7 nitrogen and oxygen atoms in total. The zero-order chi connectivity index (χ0) is 19.7. The van der Waals surface area contributed by atoms with E-state index < -0.39 is 10.0 Å². The maximum Gasteiger partial charge on any atom is 0.251 e. The number of H-pyrrole nitrogens is 1. The van der Waals surface area contributed by atoms with Gasteiger partial charge in [-0.2, -0.15) is 4.31 Å². The number of aromatic nitrogens is 2. The number of fused-ring (bicyclic) bond motifs is 1. The second-order valence-corrected chi connectivity index (χ2v) is 8.49. The van der Waals surface area contributed by atoms with Crippen LogP contribution in [0.1, 0.15) is 22.3 Å². The second-order valence-electron chi connectivity index (χ2n) is 6.55. The fraction of sp³-hybridized carbons (Fsp3) is 0.200. The molecule has 1 amide bonds. The number of amides is 1. The number of carbonyl (C=O) groups is 1. The number of nitrogens with zero attached hydrogens (tertiary/aromatic N) is 2. The predicted molar refractivity (Wildman–Crippen MR) is 107 cm³/mol. The number of carbonyl (C=O) groups excluding carboxylic acids is 1. The topological polar surface area (TPSA) is 95.2 Å². The standard InChI is InChI=1S/C20H20N4O3S/c1-21-20(25)15-4-6-16(7-5-15)28(26,27)24-11-8-14(9-12-24)18-13-23-19-17(18)3-2-10-22-19/h2-8,10,13H,9,11-12H2,1H3,(H,21,25)(H,22,23). The van der Waals surface area contributed by atoms with E-state index in [-0.39, 0.29) is 10.8 Å². The van der Waals surface area contributed by atoms with Gasteiger partial charge >= 0.3 is 0 Å². The summed E-state index contributed by atoms with van der Waals surface area (Å²) in [5.41, 5.74) is 3.43. The summed E-state index contributed by atoms with van der Waals surface area (Å²) in [6.45, 7) is 0.708. The molecule has 0 saturated carbocycles. The Morgan fingerprint density at radius 3 is 2.68 bits per heavy atom. The Morgan fingerprint density at radius 1 is 1.21 bits per heavy atom. The van der Waals surface area contributed by atoms with Gasteiger partial charge in [0.25, 0.3) is 5.91 Å². The summed E-state index contributed by atoms with van der Waals surface area (Å²) in [6.07, 6.45) is 6.24. The predicted octanol–water partition coefficient (Wildman–Crippen LogP) is 2.40. The van der Waals surface area contributed by atoms with Crippen molar-refractivity contribution in [2.75, 3.05) is 20.1 Å². The maximum atomic E-state index is 12.9. The largest absolute Gasteiger partial charge is 0.355 e. The number of rotatable bonds is 4. The minimum absolute atomic E-state index is 0.188. The van der Waals surface area contributed by atoms with Crippen molar-refractivity contribution < 1.29 is 13.2 Å². The van der Waals surface area contributed by atoms with Crippen molar-refractivity contribution in [2.24, 2.45) is 0 Å². The van der Waals surface area contributed by atoms with Gasteiger partial charge in [0, 0.05) is 49.0 Å². The molecule has 1 aliphatic rings. The van der Waals surface area contributed by atoms with Gasteiger partial charge in [-0.3, -0.25) is 4.79 Å². The van der Waals surface area contributed by atoms with Gasteiger partial charge in [0.15, 0.2) is 0 Å². The molecule has 3 heterocycles. The molecule has 1 aromatic carbocycles. The van der Waals surface area contributed by atoms with Gasteiger partial charge in [-0.1, -0.05) is 6.08 Å². The van der Waals surface area contributed by atoms with Crippen molar-refractivity contribution in [2.45, 2.75) is 11.3 Å². The zero-order valence-corrected chi connectivity index (χ0v) is 16.2. The fourth-order valence-electron chi connectivity index (χ4n) is 3.41. The third kappa shape index (κ3) is 3.21. The van der Waals surface area contributed by atoms with Crippen molar-refractivity contribution in [3.05, 3.63) is 66.0 Å². The van der Waals surface area contributed by atoms with Crippen LogP contribution in [0.5, 0.6) is 0 Å². The van der Waals surface area contributed by atoms with Crippen LogP contribution in [0.25, 0.3) is 16.6 Å². The highest BCUT2D eigenvalue weighted by Crippen LogP contribution is 2.30. The first-order valence-electron chi connectivity index (χ1n) is 8.94. The van der Waals surface area contributed by atoms with E-state index in [2.05, 4.69) is 15.3 Å². The third-order valence-electron chi connectivity index (χ3n) is 4.95. The normalized spacial score (nSPS) is 15.4. The van der Waals surface area contributed by atoms with Crippen molar-refractivity contribution in [1.29, 1.82) is 0 Å². The molecule has 0 atom stereocenters. The molecule has 8 heteroatoms. The van der Waals surface area contributed by atoms with E-state index in [1.807, 2.05) is 24.4 Å². The summed E-state index contributed by atoms with van der Waals surface area (Å²) in [4.78, 5) is 19.3. The molecule has 2 N–H and O–H groups in total. The van der Waals surface area contributed by atoms with Crippen molar-refractivity contribution in [3.63, 3.8) is 0 Å². The van der Waals surface area contributed by atoms with Gasteiger partial charge in [-0.05, 0) is 48.4 Å². The lowest BCUT2D eigenvalue weighted by atomic mass is 10.0. The highest BCUT2D eigenvalue weighted by atomic mass is 32.2. The summed E-state index contributed by atoms with van der Waals surface area (Å²) >= 11 is 0. The number of sulfonamides is 1. The highest BCUT2D eigenvalue weighted by Gasteiger charge is 2.27. The number of benzene rings is 1. The number of aromatic amines is 1. The van der Waals surface area contributed by atoms with Crippen LogP contribution in [0.4, 0.5) is 0 Å². The third-order valence-corrected chi connectivity index (χ3v) is 6.83. The van der Waals surface area contributed by atoms with Crippen LogP contribution < -0.4 is 5.32 Å². The molecule has 2 aromatic heterocycles. The molecule has 0 aliphatic carbocycles. The Bertz CT molecular complexity index is 1160. The Balaban J connectivity index is 1.56. The van der Waals surface area contributed by atoms with E-state index in [1.54, 1.807) is 6.20 Å². The first kappa shape index (κ1) is 18.4. The smallest absolute Gasteiger partial charge is 0.251 e. The fourth-order valence-corrected chi connectivity index (χ4v) is 4.79. The van der Waals surface area contributed by atoms with E-state index >= 15 is 0 Å². The van der Waals surface area contributed by atoms with E-state index in [0.717, 1.165) is 22.2 Å². The van der Waals surface area contributed by atoms with Gasteiger partial charge in [0.05, 0.1) is 4.90 Å². The Kier molecular flexibility index (Phi) is 4.74. The molecular weight excluding hydrogens is 376 g/mol. The Labute approximate surface area is 163 Å². The minimum Gasteiger partial charge on any atom is -0.355 e. The molecule has 0 spiro atoms. The molecular formula is C20H20N4O3S. The number of nitrogens with one attached hydrogen (secondary N) is 2. The van der Waals surface area contributed by atoms with Gasteiger partial charge < -0.3 is 10.3 Å². The van der Waals surface area contributed by atoms with Crippen molar-refractivity contribution >= 4 is 32.5 Å². The van der Waals surface area contributed by atoms with Gasteiger partial charge in [-0.25, -0.2) is 13.4 Å². The summed E-state index contributed by atoms with van der Waals surface area (Å²) in [7, 11) is -2.07. The monoisotopic (exact) mass is 396 g/mol. The minimum atomic E-state index is -3.61. The molecule has 144 valence electrons. The molecule has 3 aromatic rings. The highest BCUT2D eigenvalue weighted by molar-refractivity contribution is 7.89. The summed E-state index contributed by atoms with van der Waals surface area (Å²) in [5, 5.41) is 3.56. The number of pyridine rings is 1. The second kappa shape index (κ2) is 7.21. The Morgan fingerprint density at radius 2 is 2.00 bits per heavy atom. The van der Waals surface area contributed by atoms with Gasteiger partial charge in [-0.15, -0.1) is 0 Å². The van der Waals surface area contributed by atoms with Crippen LogP contribution in [-0.4, -0.2) is 48.7 Å². The van der Waals surface area contributed by atoms with Crippen LogP contribution in [0.2, 0.25) is 0 Å². The van der Waals surface area contributed by atoms with E-state index in [9.17, 15) is 13.2 Å². The zero-order valence-electron chi connectivity index (χ0n) is 15.3. The lowest BCUT2D eigenvalue weighted by Crippen LogP contribution is -2.34. The molecule has 0 saturated heterocycles. The molecule has 0 bridgehead atoms. The maximum absolute atomic E-state index is 12.9. The van der Waals surface area contributed by atoms with Crippen molar-refractivity contribution in [3.8, 4) is 0 Å². The van der Waals surface area contributed by atoms with Crippen LogP contribution in [0, 0.1) is 0 Å². The molecule has 0 radical (unpaired) electrons. The summed E-state index contributed by atoms with van der Waals surface area (Å²) in [6, 6.07) is 9.90. The van der Waals surface area contributed by atoms with Crippen LogP contribution in [0.15, 0.2) is 59.8 Å². The van der Waals surface area contributed by atoms with E-state index in [1.165, 1.54) is 35.6 Å². The van der Waals surface area contributed by atoms with Crippen molar-refractivity contribution in [1.82, 2.24) is 19.6 Å². The van der Waals surface area contributed by atoms with E-state index in [4.69, 9.17) is 0 Å². The molecule has 28 heavy (non-hydrogen) atoms. The van der Waals surface area contributed by atoms with E-state index in [0.29, 0.717) is 25.1 Å². The average Bonchev–Trinajstić information content (AvgIpc) is 3.17. The number of hydrogen-bond donors (Lipinski definition) is 2.